The normalized spacial score (nSPS) is 26.3. The number of likely N-dealkylation sites (tertiary alicyclic amines) is 1. The van der Waals surface area contributed by atoms with E-state index in [1.54, 1.807) is 11.8 Å². The molecule has 1 saturated heterocycles. The van der Waals surface area contributed by atoms with Gasteiger partial charge in [-0.05, 0) is 64.2 Å². The number of piperidine rings is 1. The number of nitrogens with zero attached hydrogens (tertiary/aromatic N) is 1. The third-order valence-corrected chi connectivity index (χ3v) is 5.05. The highest BCUT2D eigenvalue weighted by atomic mass is 32.2. The molecular weight excluding hydrogens is 252 g/mol. The molecule has 0 saturated carbocycles. The Balaban J connectivity index is 1.91. The molecule has 1 fully saturated rings. The van der Waals surface area contributed by atoms with Crippen LogP contribution in [0.25, 0.3) is 0 Å². The summed E-state index contributed by atoms with van der Waals surface area (Å²) in [5.41, 5.74) is 1.39. The van der Waals surface area contributed by atoms with Crippen LogP contribution in [0.2, 0.25) is 0 Å². The van der Waals surface area contributed by atoms with E-state index in [-0.39, 0.29) is 0 Å². The summed E-state index contributed by atoms with van der Waals surface area (Å²) in [5.74, 6) is 0. The van der Waals surface area contributed by atoms with Gasteiger partial charge < -0.3 is 10.2 Å². The summed E-state index contributed by atoms with van der Waals surface area (Å²) < 4.78 is 0. The molecule has 2 nitrogen and oxygen atoms in total. The molecule has 0 spiro atoms. The molecule has 106 valence electrons. The van der Waals surface area contributed by atoms with Crippen molar-refractivity contribution >= 4 is 11.8 Å². The largest absolute Gasteiger partial charge is 0.307 e. The zero-order chi connectivity index (χ0) is 13.8. The van der Waals surface area contributed by atoms with Crippen molar-refractivity contribution in [2.75, 3.05) is 19.8 Å². The molecule has 1 heterocycles. The Morgan fingerprint density at radius 1 is 1.32 bits per heavy atom. The van der Waals surface area contributed by atoms with E-state index >= 15 is 0 Å². The van der Waals surface area contributed by atoms with Crippen molar-refractivity contribution in [1.82, 2.24) is 10.2 Å². The average Bonchev–Trinajstić information content (AvgIpc) is 2.43. The molecule has 1 N–H and O–H groups in total. The minimum absolute atomic E-state index is 0.441. The predicted octanol–water partition coefficient (Wildman–Crippen LogP) is 3.54. The Hall–Kier alpha value is -0.510. The second-order valence-electron chi connectivity index (χ2n) is 5.71. The topological polar surface area (TPSA) is 15.3 Å². The third-order valence-electron chi connectivity index (χ3n) is 4.31. The second kappa shape index (κ2) is 6.78. The van der Waals surface area contributed by atoms with Gasteiger partial charge in [-0.1, -0.05) is 12.1 Å². The first-order valence-electron chi connectivity index (χ1n) is 7.20. The molecule has 0 amide bonds. The molecular formula is C16H26N2S. The summed E-state index contributed by atoms with van der Waals surface area (Å²) in [7, 11) is 2.23. The fourth-order valence-corrected chi connectivity index (χ4v) is 3.19. The van der Waals surface area contributed by atoms with Crippen molar-refractivity contribution in [3.63, 3.8) is 0 Å². The van der Waals surface area contributed by atoms with E-state index in [1.807, 2.05) is 0 Å². The van der Waals surface area contributed by atoms with Gasteiger partial charge in [0.05, 0.1) is 0 Å². The van der Waals surface area contributed by atoms with Gasteiger partial charge in [-0.2, -0.15) is 0 Å². The summed E-state index contributed by atoms with van der Waals surface area (Å²) in [4.78, 5) is 3.79. The molecule has 3 atom stereocenters. The molecule has 0 aliphatic carbocycles. The van der Waals surface area contributed by atoms with Crippen molar-refractivity contribution < 1.29 is 0 Å². The third kappa shape index (κ3) is 3.98. The van der Waals surface area contributed by atoms with Crippen LogP contribution in [0.4, 0.5) is 0 Å². The van der Waals surface area contributed by atoms with E-state index in [4.69, 9.17) is 0 Å². The summed E-state index contributed by atoms with van der Waals surface area (Å²) in [6, 6.07) is 10.7. The standard InChI is InChI=1S/C16H26N2S/c1-12-11-15(9-10-18(12)3)17-13(2)14-5-7-16(19-4)8-6-14/h5-8,12-13,15,17H,9-11H2,1-4H3. The van der Waals surface area contributed by atoms with E-state index in [2.05, 4.69) is 61.6 Å². The van der Waals surface area contributed by atoms with E-state index in [0.717, 1.165) is 0 Å². The molecule has 3 heteroatoms. The summed E-state index contributed by atoms with van der Waals surface area (Å²) >= 11 is 1.80. The van der Waals surface area contributed by atoms with Crippen LogP contribution in [0.15, 0.2) is 29.2 Å². The molecule has 1 aromatic rings. The van der Waals surface area contributed by atoms with Gasteiger partial charge in [-0.3, -0.25) is 0 Å². The summed E-state index contributed by atoms with van der Waals surface area (Å²) in [6.45, 7) is 5.81. The molecule has 0 bridgehead atoms. The first kappa shape index (κ1) is 14.9. The lowest BCUT2D eigenvalue weighted by Crippen LogP contribution is -2.46. The molecule has 19 heavy (non-hydrogen) atoms. The van der Waals surface area contributed by atoms with Crippen LogP contribution in [0, 0.1) is 0 Å². The summed E-state index contributed by atoms with van der Waals surface area (Å²) in [5, 5.41) is 3.79. The van der Waals surface area contributed by atoms with E-state index in [9.17, 15) is 0 Å². The van der Waals surface area contributed by atoms with Crippen molar-refractivity contribution in [2.45, 2.75) is 49.7 Å². The van der Waals surface area contributed by atoms with E-state index in [0.29, 0.717) is 18.1 Å². The van der Waals surface area contributed by atoms with Crippen LogP contribution in [0.3, 0.4) is 0 Å². The van der Waals surface area contributed by atoms with E-state index in [1.165, 1.54) is 29.8 Å². The molecule has 2 rings (SSSR count). The minimum Gasteiger partial charge on any atom is -0.307 e. The number of benzene rings is 1. The lowest BCUT2D eigenvalue weighted by atomic mass is 9.97. The minimum atomic E-state index is 0.441. The monoisotopic (exact) mass is 278 g/mol. The maximum atomic E-state index is 3.79. The van der Waals surface area contributed by atoms with Crippen LogP contribution >= 0.6 is 11.8 Å². The van der Waals surface area contributed by atoms with E-state index < -0.39 is 0 Å². The molecule has 3 unspecified atom stereocenters. The van der Waals surface area contributed by atoms with Crippen LogP contribution in [0.5, 0.6) is 0 Å². The molecule has 1 aliphatic heterocycles. The Morgan fingerprint density at radius 2 is 2.00 bits per heavy atom. The van der Waals surface area contributed by atoms with Gasteiger partial charge >= 0.3 is 0 Å². The SMILES string of the molecule is CSc1ccc(C(C)NC2CCN(C)C(C)C2)cc1. The Bertz CT molecular complexity index is 390. The predicted molar refractivity (Wildman–Crippen MR) is 84.9 cm³/mol. The van der Waals surface area contributed by atoms with Gasteiger partial charge in [-0.15, -0.1) is 11.8 Å². The van der Waals surface area contributed by atoms with Crippen LogP contribution in [0.1, 0.15) is 38.3 Å². The fraction of sp³-hybridized carbons (Fsp3) is 0.625. The zero-order valence-electron chi connectivity index (χ0n) is 12.5. The van der Waals surface area contributed by atoms with Crippen LogP contribution in [-0.4, -0.2) is 36.8 Å². The number of nitrogens with one attached hydrogen (secondary N) is 1. The average molecular weight is 278 g/mol. The maximum absolute atomic E-state index is 3.79. The highest BCUT2D eigenvalue weighted by molar-refractivity contribution is 7.98. The van der Waals surface area contributed by atoms with Gasteiger partial charge in [0.25, 0.3) is 0 Å². The molecule has 1 aliphatic rings. The highest BCUT2D eigenvalue weighted by Gasteiger charge is 2.23. The van der Waals surface area contributed by atoms with Gasteiger partial charge in [0.2, 0.25) is 0 Å². The van der Waals surface area contributed by atoms with Crippen LogP contribution < -0.4 is 5.32 Å². The molecule has 0 aromatic heterocycles. The Morgan fingerprint density at radius 3 is 2.58 bits per heavy atom. The molecule has 0 radical (unpaired) electrons. The van der Waals surface area contributed by atoms with Crippen molar-refractivity contribution in [3.8, 4) is 0 Å². The number of hydrogen-bond acceptors (Lipinski definition) is 3. The lowest BCUT2D eigenvalue weighted by molar-refractivity contribution is 0.163. The number of thioether (sulfide) groups is 1. The highest BCUT2D eigenvalue weighted by Crippen LogP contribution is 2.22. The first-order valence-corrected chi connectivity index (χ1v) is 8.43. The Labute approximate surface area is 122 Å². The smallest absolute Gasteiger partial charge is 0.0294 e. The zero-order valence-corrected chi connectivity index (χ0v) is 13.3. The first-order chi connectivity index (χ1) is 9.10. The van der Waals surface area contributed by atoms with Gasteiger partial charge in [0, 0.05) is 23.0 Å². The maximum Gasteiger partial charge on any atom is 0.0294 e. The van der Waals surface area contributed by atoms with Gasteiger partial charge in [0.1, 0.15) is 0 Å². The Kier molecular flexibility index (Phi) is 5.31. The molecule has 1 aromatic carbocycles. The van der Waals surface area contributed by atoms with Crippen molar-refractivity contribution in [3.05, 3.63) is 29.8 Å². The van der Waals surface area contributed by atoms with Crippen molar-refractivity contribution in [1.29, 1.82) is 0 Å². The summed E-state index contributed by atoms with van der Waals surface area (Å²) in [6.07, 6.45) is 4.63. The van der Waals surface area contributed by atoms with Gasteiger partial charge in [0.15, 0.2) is 0 Å². The number of rotatable bonds is 4. The van der Waals surface area contributed by atoms with Crippen LogP contribution in [-0.2, 0) is 0 Å². The second-order valence-corrected chi connectivity index (χ2v) is 6.59. The lowest BCUT2D eigenvalue weighted by Gasteiger charge is -2.36. The number of hydrogen-bond donors (Lipinski definition) is 1. The fourth-order valence-electron chi connectivity index (χ4n) is 2.78. The quantitative estimate of drug-likeness (QED) is 0.848. The van der Waals surface area contributed by atoms with Crippen molar-refractivity contribution in [2.24, 2.45) is 0 Å². The van der Waals surface area contributed by atoms with Gasteiger partial charge in [-0.25, -0.2) is 0 Å².